The molecule has 0 radical (unpaired) electrons. The predicted molar refractivity (Wildman–Crippen MR) is 61.4 cm³/mol. The molecule has 0 aromatic carbocycles. The maximum Gasteiger partial charge on any atom is 0.237 e. The minimum atomic E-state index is -0.405. The molecule has 0 saturated carbocycles. The van der Waals surface area contributed by atoms with Crippen molar-refractivity contribution in [3.8, 4) is 0 Å². The first-order chi connectivity index (χ1) is 7.09. The van der Waals surface area contributed by atoms with E-state index in [0.29, 0.717) is 18.9 Å². The normalized spacial score (nSPS) is 12.8. The van der Waals surface area contributed by atoms with E-state index < -0.39 is 6.04 Å². The first kappa shape index (κ1) is 12.1. The van der Waals surface area contributed by atoms with Gasteiger partial charge in [0.15, 0.2) is 0 Å². The fourth-order valence-electron chi connectivity index (χ4n) is 1.25. The Kier molecular flexibility index (Phi) is 4.71. The van der Waals surface area contributed by atoms with E-state index in [2.05, 4.69) is 24.1 Å². The van der Waals surface area contributed by atoms with Gasteiger partial charge in [-0.15, -0.1) is 11.3 Å². The van der Waals surface area contributed by atoms with Crippen molar-refractivity contribution >= 4 is 17.2 Å². The summed E-state index contributed by atoms with van der Waals surface area (Å²) in [5.74, 6) is 0.353. The maximum atomic E-state index is 11.5. The first-order valence-electron chi connectivity index (χ1n) is 5.00. The highest BCUT2D eigenvalue weighted by molar-refractivity contribution is 7.09. The lowest BCUT2D eigenvalue weighted by Gasteiger charge is -2.13. The lowest BCUT2D eigenvalue weighted by atomic mass is 10.0. The topological polar surface area (TPSA) is 68.0 Å². The van der Waals surface area contributed by atoms with Crippen LogP contribution >= 0.6 is 11.3 Å². The number of carbonyl (C=O) groups excluding carboxylic acids is 1. The summed E-state index contributed by atoms with van der Waals surface area (Å²) in [4.78, 5) is 16.5. The molecule has 0 aliphatic rings. The Balaban J connectivity index is 2.29. The second-order valence-corrected chi connectivity index (χ2v) is 4.89. The Labute approximate surface area is 93.9 Å². The minimum Gasteiger partial charge on any atom is -0.350 e. The van der Waals surface area contributed by atoms with Crippen molar-refractivity contribution in [2.24, 2.45) is 11.7 Å². The highest BCUT2D eigenvalue weighted by Crippen LogP contribution is 2.06. The molecule has 3 N–H and O–H groups in total. The van der Waals surface area contributed by atoms with Crippen molar-refractivity contribution in [2.45, 2.75) is 32.9 Å². The summed E-state index contributed by atoms with van der Waals surface area (Å²) in [7, 11) is 0. The van der Waals surface area contributed by atoms with Crippen LogP contribution in [0.25, 0.3) is 0 Å². The smallest absolute Gasteiger partial charge is 0.237 e. The third-order valence-corrected chi connectivity index (χ3v) is 2.76. The molecule has 1 heterocycles. The molecule has 1 rings (SSSR count). The summed E-state index contributed by atoms with van der Waals surface area (Å²) >= 11 is 1.52. The van der Waals surface area contributed by atoms with Crippen LogP contribution in [0, 0.1) is 5.92 Å². The van der Waals surface area contributed by atoms with E-state index in [1.54, 1.807) is 11.7 Å². The summed E-state index contributed by atoms with van der Waals surface area (Å²) < 4.78 is 0. The molecule has 0 unspecified atom stereocenters. The molecule has 5 heteroatoms. The van der Waals surface area contributed by atoms with Gasteiger partial charge in [-0.25, -0.2) is 0 Å². The van der Waals surface area contributed by atoms with Gasteiger partial charge in [0.2, 0.25) is 5.91 Å². The van der Waals surface area contributed by atoms with Crippen LogP contribution in [0.15, 0.2) is 11.7 Å². The number of aromatic nitrogens is 1. The van der Waals surface area contributed by atoms with E-state index in [9.17, 15) is 4.79 Å². The first-order valence-corrected chi connectivity index (χ1v) is 5.88. The maximum absolute atomic E-state index is 11.5. The largest absolute Gasteiger partial charge is 0.350 e. The van der Waals surface area contributed by atoms with Gasteiger partial charge in [0.05, 0.1) is 18.1 Å². The molecule has 0 aliphatic carbocycles. The van der Waals surface area contributed by atoms with Gasteiger partial charge in [-0.1, -0.05) is 13.8 Å². The van der Waals surface area contributed by atoms with Crippen LogP contribution in [0.2, 0.25) is 0 Å². The molecular weight excluding hydrogens is 210 g/mol. The molecule has 0 saturated heterocycles. The van der Waals surface area contributed by atoms with Crippen LogP contribution in [0.4, 0.5) is 0 Å². The van der Waals surface area contributed by atoms with Crippen molar-refractivity contribution in [1.29, 1.82) is 0 Å². The van der Waals surface area contributed by atoms with Crippen LogP contribution in [0.5, 0.6) is 0 Å². The van der Waals surface area contributed by atoms with E-state index in [1.165, 1.54) is 11.3 Å². The predicted octanol–water partition coefficient (Wildman–Crippen LogP) is 1.13. The Morgan fingerprint density at radius 1 is 1.67 bits per heavy atom. The number of rotatable bonds is 5. The number of thiazole rings is 1. The molecule has 0 aliphatic heterocycles. The number of nitrogens with zero attached hydrogens (tertiary/aromatic N) is 1. The summed E-state index contributed by atoms with van der Waals surface area (Å²) in [6, 6.07) is -0.405. The summed E-state index contributed by atoms with van der Waals surface area (Å²) in [6.07, 6.45) is 2.47. The van der Waals surface area contributed by atoms with Gasteiger partial charge in [-0.3, -0.25) is 9.78 Å². The molecule has 0 spiro atoms. The van der Waals surface area contributed by atoms with Crippen LogP contribution in [-0.4, -0.2) is 16.9 Å². The fourth-order valence-corrected chi connectivity index (χ4v) is 1.78. The van der Waals surface area contributed by atoms with Gasteiger partial charge in [0.1, 0.15) is 0 Å². The molecule has 84 valence electrons. The van der Waals surface area contributed by atoms with Crippen molar-refractivity contribution in [3.63, 3.8) is 0 Å². The zero-order valence-electron chi connectivity index (χ0n) is 9.06. The van der Waals surface area contributed by atoms with E-state index in [0.717, 1.165) is 4.88 Å². The molecule has 0 bridgehead atoms. The van der Waals surface area contributed by atoms with Crippen LogP contribution in [-0.2, 0) is 11.3 Å². The van der Waals surface area contributed by atoms with Gasteiger partial charge in [0.25, 0.3) is 0 Å². The Bertz CT molecular complexity index is 298. The molecule has 1 atom stereocenters. The molecule has 0 fully saturated rings. The number of nitrogens with one attached hydrogen (secondary N) is 1. The molecule has 4 nitrogen and oxygen atoms in total. The van der Waals surface area contributed by atoms with Crippen molar-refractivity contribution in [3.05, 3.63) is 16.6 Å². The van der Waals surface area contributed by atoms with E-state index in [1.807, 2.05) is 0 Å². The third kappa shape index (κ3) is 4.40. The zero-order valence-corrected chi connectivity index (χ0v) is 9.88. The van der Waals surface area contributed by atoms with E-state index >= 15 is 0 Å². The average molecular weight is 227 g/mol. The SMILES string of the molecule is CC(C)C[C@@H](N)C(=O)NCc1cncs1. The number of nitrogens with two attached hydrogens (primary N) is 1. The summed E-state index contributed by atoms with van der Waals surface area (Å²) in [5, 5.41) is 2.80. The molecule has 1 aromatic rings. The van der Waals surface area contributed by atoms with Crippen molar-refractivity contribution in [2.75, 3.05) is 0 Å². The van der Waals surface area contributed by atoms with Crippen molar-refractivity contribution in [1.82, 2.24) is 10.3 Å². The van der Waals surface area contributed by atoms with Gasteiger partial charge in [0, 0.05) is 11.1 Å². The zero-order chi connectivity index (χ0) is 11.3. The molecule has 1 aromatic heterocycles. The lowest BCUT2D eigenvalue weighted by molar-refractivity contribution is -0.122. The summed E-state index contributed by atoms with van der Waals surface area (Å²) in [5.41, 5.74) is 7.48. The monoisotopic (exact) mass is 227 g/mol. The van der Waals surface area contributed by atoms with E-state index in [-0.39, 0.29) is 5.91 Å². The van der Waals surface area contributed by atoms with Gasteiger partial charge in [-0.05, 0) is 12.3 Å². The fraction of sp³-hybridized carbons (Fsp3) is 0.600. The summed E-state index contributed by atoms with van der Waals surface area (Å²) in [6.45, 7) is 4.63. The number of hydrogen-bond donors (Lipinski definition) is 2. The number of hydrogen-bond acceptors (Lipinski definition) is 4. The highest BCUT2D eigenvalue weighted by atomic mass is 32.1. The second-order valence-electron chi connectivity index (χ2n) is 3.92. The Hall–Kier alpha value is -0.940. The third-order valence-electron chi connectivity index (χ3n) is 1.98. The van der Waals surface area contributed by atoms with Crippen LogP contribution in [0.3, 0.4) is 0 Å². The second kappa shape index (κ2) is 5.82. The Morgan fingerprint density at radius 3 is 2.93 bits per heavy atom. The van der Waals surface area contributed by atoms with Gasteiger partial charge >= 0.3 is 0 Å². The quantitative estimate of drug-likeness (QED) is 0.792. The highest BCUT2D eigenvalue weighted by Gasteiger charge is 2.14. The molecular formula is C10H17N3OS. The Morgan fingerprint density at radius 2 is 2.40 bits per heavy atom. The molecule has 15 heavy (non-hydrogen) atoms. The van der Waals surface area contributed by atoms with Gasteiger partial charge < -0.3 is 11.1 Å². The lowest BCUT2D eigenvalue weighted by Crippen LogP contribution is -2.40. The van der Waals surface area contributed by atoms with Crippen molar-refractivity contribution < 1.29 is 4.79 Å². The van der Waals surface area contributed by atoms with Crippen LogP contribution in [0.1, 0.15) is 25.1 Å². The van der Waals surface area contributed by atoms with Gasteiger partial charge in [-0.2, -0.15) is 0 Å². The minimum absolute atomic E-state index is 0.0860. The number of carbonyl (C=O) groups is 1. The average Bonchev–Trinajstić information content (AvgIpc) is 2.65. The molecule has 1 amide bonds. The van der Waals surface area contributed by atoms with E-state index in [4.69, 9.17) is 5.73 Å². The number of amides is 1. The van der Waals surface area contributed by atoms with Crippen LogP contribution < -0.4 is 11.1 Å². The standard InChI is InChI=1S/C10H17N3OS/c1-7(2)3-9(11)10(14)13-5-8-4-12-6-15-8/h4,6-7,9H,3,5,11H2,1-2H3,(H,13,14)/t9-/m1/s1.